The van der Waals surface area contributed by atoms with Crippen LogP contribution in [-0.2, 0) is 4.79 Å². The maximum absolute atomic E-state index is 12.9. The molecule has 20 heavy (non-hydrogen) atoms. The van der Waals surface area contributed by atoms with Crippen LogP contribution in [0.5, 0.6) is 0 Å². The predicted octanol–water partition coefficient (Wildman–Crippen LogP) is 1.90. The minimum Gasteiger partial charge on any atom is -0.375 e. The Balaban J connectivity index is 2.50. The van der Waals surface area contributed by atoms with E-state index in [0.717, 1.165) is 18.7 Å². The van der Waals surface area contributed by atoms with Crippen molar-refractivity contribution in [1.29, 1.82) is 0 Å². The molecule has 1 amide bonds. The highest BCUT2D eigenvalue weighted by atomic mass is 19.1. The Labute approximate surface area is 120 Å². The van der Waals surface area contributed by atoms with Crippen LogP contribution < -0.4 is 16.0 Å². The molecule has 1 rings (SSSR count). The number of benzene rings is 1. The summed E-state index contributed by atoms with van der Waals surface area (Å²) in [4.78, 5) is 13.5. The molecule has 0 saturated carbocycles. The number of primary amides is 1. The number of hydrogen-bond donors (Lipinski definition) is 2. The third kappa shape index (κ3) is 4.49. The number of carbonyl (C=O) groups is 1. The van der Waals surface area contributed by atoms with Gasteiger partial charge in [-0.3, -0.25) is 4.79 Å². The van der Waals surface area contributed by atoms with E-state index in [0.29, 0.717) is 13.0 Å². The SMILES string of the molecule is CCNC(C)(CCCN(C)c1ccc(F)cc1)C(N)=O. The molecule has 0 radical (unpaired) electrons. The molecule has 1 atom stereocenters. The highest BCUT2D eigenvalue weighted by Gasteiger charge is 2.29. The highest BCUT2D eigenvalue weighted by molar-refractivity contribution is 5.84. The quantitative estimate of drug-likeness (QED) is 0.765. The maximum Gasteiger partial charge on any atom is 0.237 e. The molecule has 1 aromatic rings. The third-order valence-electron chi connectivity index (χ3n) is 3.55. The van der Waals surface area contributed by atoms with E-state index in [2.05, 4.69) is 5.32 Å². The van der Waals surface area contributed by atoms with E-state index in [1.54, 1.807) is 12.1 Å². The van der Waals surface area contributed by atoms with Crippen molar-refractivity contribution >= 4 is 11.6 Å². The molecule has 5 heteroatoms. The topological polar surface area (TPSA) is 58.4 Å². The molecule has 4 nitrogen and oxygen atoms in total. The van der Waals surface area contributed by atoms with E-state index in [1.807, 2.05) is 25.8 Å². The van der Waals surface area contributed by atoms with Crippen LogP contribution in [0.25, 0.3) is 0 Å². The van der Waals surface area contributed by atoms with Gasteiger partial charge in [0.15, 0.2) is 0 Å². The second-order valence-corrected chi connectivity index (χ2v) is 5.23. The lowest BCUT2D eigenvalue weighted by atomic mass is 9.94. The summed E-state index contributed by atoms with van der Waals surface area (Å²) in [5.74, 6) is -0.570. The number of rotatable bonds is 8. The van der Waals surface area contributed by atoms with Gasteiger partial charge in [-0.2, -0.15) is 0 Å². The van der Waals surface area contributed by atoms with Crippen molar-refractivity contribution < 1.29 is 9.18 Å². The molecular formula is C15H24FN3O. The molecule has 0 spiro atoms. The monoisotopic (exact) mass is 281 g/mol. The Morgan fingerprint density at radius 3 is 2.50 bits per heavy atom. The van der Waals surface area contributed by atoms with Crippen LogP contribution in [0.2, 0.25) is 0 Å². The van der Waals surface area contributed by atoms with Crippen molar-refractivity contribution in [3.05, 3.63) is 30.1 Å². The number of amides is 1. The van der Waals surface area contributed by atoms with Gasteiger partial charge in [-0.05, 0) is 50.6 Å². The maximum atomic E-state index is 12.9. The summed E-state index contributed by atoms with van der Waals surface area (Å²) in [6, 6.07) is 6.37. The molecule has 112 valence electrons. The van der Waals surface area contributed by atoms with E-state index in [1.165, 1.54) is 12.1 Å². The molecule has 0 aliphatic heterocycles. The summed E-state index contributed by atoms with van der Waals surface area (Å²) in [5.41, 5.74) is 5.73. The molecular weight excluding hydrogens is 257 g/mol. The van der Waals surface area contributed by atoms with Crippen molar-refractivity contribution in [2.75, 3.05) is 25.0 Å². The molecule has 0 saturated heterocycles. The minimum absolute atomic E-state index is 0.240. The number of carbonyl (C=O) groups excluding carboxylic acids is 1. The summed E-state index contributed by atoms with van der Waals surface area (Å²) < 4.78 is 12.9. The van der Waals surface area contributed by atoms with Crippen molar-refractivity contribution in [3.63, 3.8) is 0 Å². The van der Waals surface area contributed by atoms with E-state index in [9.17, 15) is 9.18 Å². The van der Waals surface area contributed by atoms with Crippen LogP contribution in [-0.4, -0.2) is 31.6 Å². The molecule has 3 N–H and O–H groups in total. The molecule has 1 unspecified atom stereocenters. The fourth-order valence-corrected chi connectivity index (χ4v) is 2.18. The van der Waals surface area contributed by atoms with Crippen LogP contribution in [0.3, 0.4) is 0 Å². The summed E-state index contributed by atoms with van der Waals surface area (Å²) in [7, 11) is 1.95. The number of likely N-dealkylation sites (N-methyl/N-ethyl adjacent to an activating group) is 1. The summed E-state index contributed by atoms with van der Waals surface area (Å²) in [6.07, 6.45) is 1.49. The molecule has 0 bridgehead atoms. The number of nitrogens with zero attached hydrogens (tertiary/aromatic N) is 1. The third-order valence-corrected chi connectivity index (χ3v) is 3.55. The zero-order valence-corrected chi connectivity index (χ0v) is 12.4. The second-order valence-electron chi connectivity index (χ2n) is 5.23. The van der Waals surface area contributed by atoms with E-state index >= 15 is 0 Å². The van der Waals surface area contributed by atoms with Gasteiger partial charge in [0.2, 0.25) is 5.91 Å². The first-order valence-electron chi connectivity index (χ1n) is 6.90. The van der Waals surface area contributed by atoms with E-state index in [4.69, 9.17) is 5.73 Å². The van der Waals surface area contributed by atoms with Gasteiger partial charge in [0.05, 0.1) is 5.54 Å². The molecule has 0 fully saturated rings. The van der Waals surface area contributed by atoms with Crippen molar-refractivity contribution in [1.82, 2.24) is 5.32 Å². The van der Waals surface area contributed by atoms with Gasteiger partial charge in [-0.25, -0.2) is 4.39 Å². The Hall–Kier alpha value is -1.62. The van der Waals surface area contributed by atoms with Gasteiger partial charge in [0.25, 0.3) is 0 Å². The number of hydrogen-bond acceptors (Lipinski definition) is 3. The lowest BCUT2D eigenvalue weighted by Gasteiger charge is -2.28. The van der Waals surface area contributed by atoms with Gasteiger partial charge in [-0.15, -0.1) is 0 Å². The number of anilines is 1. The van der Waals surface area contributed by atoms with Gasteiger partial charge < -0.3 is 16.0 Å². The number of halogens is 1. The summed E-state index contributed by atoms with van der Waals surface area (Å²) >= 11 is 0. The highest BCUT2D eigenvalue weighted by Crippen LogP contribution is 2.16. The first-order chi connectivity index (χ1) is 9.39. The lowest BCUT2D eigenvalue weighted by molar-refractivity contribution is -0.124. The van der Waals surface area contributed by atoms with Gasteiger partial charge in [0, 0.05) is 19.3 Å². The number of nitrogens with two attached hydrogens (primary N) is 1. The van der Waals surface area contributed by atoms with Gasteiger partial charge >= 0.3 is 0 Å². The lowest BCUT2D eigenvalue weighted by Crippen LogP contribution is -2.53. The molecule has 0 aliphatic carbocycles. The average Bonchev–Trinajstić information content (AvgIpc) is 2.39. The zero-order valence-electron chi connectivity index (χ0n) is 12.4. The molecule has 0 aliphatic rings. The van der Waals surface area contributed by atoms with Crippen LogP contribution in [0.1, 0.15) is 26.7 Å². The first-order valence-corrected chi connectivity index (χ1v) is 6.90. The Bertz CT molecular complexity index is 435. The smallest absolute Gasteiger partial charge is 0.237 e. The Morgan fingerprint density at radius 1 is 1.40 bits per heavy atom. The molecule has 0 aromatic heterocycles. The van der Waals surface area contributed by atoms with Crippen LogP contribution in [0.4, 0.5) is 10.1 Å². The largest absolute Gasteiger partial charge is 0.375 e. The predicted molar refractivity (Wildman–Crippen MR) is 80.2 cm³/mol. The fraction of sp³-hybridized carbons (Fsp3) is 0.533. The van der Waals surface area contributed by atoms with E-state index < -0.39 is 5.54 Å². The van der Waals surface area contributed by atoms with Crippen LogP contribution >= 0.6 is 0 Å². The zero-order chi connectivity index (χ0) is 15.2. The summed E-state index contributed by atoms with van der Waals surface area (Å²) in [5, 5.41) is 3.14. The molecule has 1 aromatic carbocycles. The van der Waals surface area contributed by atoms with E-state index in [-0.39, 0.29) is 11.7 Å². The van der Waals surface area contributed by atoms with Crippen LogP contribution in [0.15, 0.2) is 24.3 Å². The minimum atomic E-state index is -0.668. The van der Waals surface area contributed by atoms with Crippen LogP contribution in [0, 0.1) is 5.82 Å². The summed E-state index contributed by atoms with van der Waals surface area (Å²) in [6.45, 7) is 5.26. The van der Waals surface area contributed by atoms with Gasteiger partial charge in [0.1, 0.15) is 5.82 Å². The normalized spacial score (nSPS) is 13.8. The van der Waals surface area contributed by atoms with Crippen molar-refractivity contribution in [2.45, 2.75) is 32.2 Å². The Kier molecular flexibility index (Phi) is 5.95. The van der Waals surface area contributed by atoms with Crippen molar-refractivity contribution in [2.24, 2.45) is 5.73 Å². The average molecular weight is 281 g/mol. The first kappa shape index (κ1) is 16.4. The second kappa shape index (κ2) is 7.24. The fourth-order valence-electron chi connectivity index (χ4n) is 2.18. The van der Waals surface area contributed by atoms with Crippen molar-refractivity contribution in [3.8, 4) is 0 Å². The number of nitrogens with one attached hydrogen (secondary N) is 1. The Morgan fingerprint density at radius 2 is 2.00 bits per heavy atom. The standard InChI is InChI=1S/C15H24FN3O/c1-4-18-15(2,14(17)20)10-5-11-19(3)13-8-6-12(16)7-9-13/h6-9,18H,4-5,10-11H2,1-3H3,(H2,17,20). The molecule has 0 heterocycles. The van der Waals surface area contributed by atoms with Gasteiger partial charge in [-0.1, -0.05) is 6.92 Å².